The summed E-state index contributed by atoms with van der Waals surface area (Å²) in [5.74, 6) is 3.95. The van der Waals surface area contributed by atoms with Gasteiger partial charge in [-0.1, -0.05) is 12.1 Å². The molecule has 0 aliphatic carbocycles. The zero-order valence-corrected chi connectivity index (χ0v) is 21.4. The van der Waals surface area contributed by atoms with Crippen LogP contribution in [0, 0.1) is 23.3 Å². The fourth-order valence-corrected chi connectivity index (χ4v) is 7.26. The van der Waals surface area contributed by atoms with Gasteiger partial charge in [-0.3, -0.25) is 4.31 Å². The van der Waals surface area contributed by atoms with Crippen molar-refractivity contribution in [1.29, 1.82) is 5.26 Å². The lowest BCUT2D eigenvalue weighted by molar-refractivity contribution is 0.496. The Morgan fingerprint density at radius 2 is 1.86 bits per heavy atom. The van der Waals surface area contributed by atoms with Crippen molar-refractivity contribution in [2.75, 3.05) is 29.3 Å². The van der Waals surface area contributed by atoms with E-state index in [2.05, 4.69) is 32.1 Å². The number of benzene rings is 2. The molecule has 0 spiro atoms. The fraction of sp³-hybridized carbons (Fsp3) is 0.222. The molecule has 1 saturated heterocycles. The van der Waals surface area contributed by atoms with Gasteiger partial charge in [-0.2, -0.15) is 5.26 Å². The Hall–Kier alpha value is -4.12. The zero-order chi connectivity index (χ0) is 25.4. The predicted molar refractivity (Wildman–Crippen MR) is 144 cm³/mol. The van der Waals surface area contributed by atoms with Gasteiger partial charge < -0.3 is 10.2 Å². The SMILES string of the molecule is N#Cc1ccccc1S(=O)(=O)N1CCc2cc(Nc3ncnc4cc(C#CN5CCCC5)sc34)ccc21. The van der Waals surface area contributed by atoms with Gasteiger partial charge in [-0.15, -0.1) is 11.3 Å². The van der Waals surface area contributed by atoms with E-state index >= 15 is 0 Å². The van der Waals surface area contributed by atoms with Crippen molar-refractivity contribution < 1.29 is 8.42 Å². The standard InChI is InChI=1S/C27H22N6O2S2/c28-17-20-5-1-2-6-25(20)37(34,35)33-14-9-19-15-21(7-8-24(19)33)31-27-26-23(29-18-30-27)16-22(36-26)10-13-32-11-3-4-12-32/h1-2,5-8,15-16,18H,3-4,9,11-12,14H2,(H,29,30,31). The molecule has 2 aromatic carbocycles. The first-order chi connectivity index (χ1) is 18.0. The number of hydrogen-bond acceptors (Lipinski definition) is 8. The third-order valence-corrected chi connectivity index (χ3v) is 9.44. The zero-order valence-electron chi connectivity index (χ0n) is 19.8. The van der Waals surface area contributed by atoms with Crippen LogP contribution in [0.1, 0.15) is 28.8 Å². The van der Waals surface area contributed by atoms with Crippen LogP contribution in [-0.2, 0) is 16.4 Å². The number of rotatable bonds is 4. The summed E-state index contributed by atoms with van der Waals surface area (Å²) in [6.07, 6.45) is 4.49. The average Bonchev–Trinajstić information content (AvgIpc) is 3.67. The molecule has 8 nitrogen and oxygen atoms in total. The molecule has 1 fully saturated rings. The van der Waals surface area contributed by atoms with Crippen LogP contribution in [0.2, 0.25) is 0 Å². The number of fused-ring (bicyclic) bond motifs is 2. The molecule has 37 heavy (non-hydrogen) atoms. The van der Waals surface area contributed by atoms with E-state index < -0.39 is 10.0 Å². The summed E-state index contributed by atoms with van der Waals surface area (Å²) >= 11 is 1.56. The third-order valence-electron chi connectivity index (χ3n) is 6.53. The first-order valence-corrected chi connectivity index (χ1v) is 14.2. The lowest BCUT2D eigenvalue weighted by atomic mass is 10.1. The number of thiophene rings is 1. The minimum absolute atomic E-state index is 0.0252. The van der Waals surface area contributed by atoms with E-state index in [0.29, 0.717) is 24.5 Å². The van der Waals surface area contributed by atoms with Crippen molar-refractivity contribution in [2.24, 2.45) is 0 Å². The summed E-state index contributed by atoms with van der Waals surface area (Å²) in [7, 11) is -3.85. The van der Waals surface area contributed by atoms with Gasteiger partial charge in [-0.05, 0) is 67.1 Å². The second-order valence-corrected chi connectivity index (χ2v) is 11.8. The number of nitriles is 1. The summed E-state index contributed by atoms with van der Waals surface area (Å²) < 4.78 is 29.0. The van der Waals surface area contributed by atoms with E-state index in [4.69, 9.17) is 0 Å². The lowest BCUT2D eigenvalue weighted by Gasteiger charge is -2.20. The van der Waals surface area contributed by atoms with Crippen molar-refractivity contribution in [2.45, 2.75) is 24.2 Å². The van der Waals surface area contributed by atoms with E-state index in [9.17, 15) is 13.7 Å². The highest BCUT2D eigenvalue weighted by Crippen LogP contribution is 2.37. The highest BCUT2D eigenvalue weighted by molar-refractivity contribution is 7.93. The normalized spacial score (nSPS) is 14.8. The van der Waals surface area contributed by atoms with E-state index in [-0.39, 0.29) is 10.5 Å². The molecule has 10 heteroatoms. The fourth-order valence-electron chi connectivity index (χ4n) is 4.71. The summed E-state index contributed by atoms with van der Waals surface area (Å²) in [5.41, 5.74) is 3.33. The molecule has 0 bridgehead atoms. The largest absolute Gasteiger partial charge is 0.339 e. The Balaban J connectivity index is 1.27. The molecular formula is C27H22N6O2S2. The van der Waals surface area contributed by atoms with Crippen LogP contribution >= 0.6 is 11.3 Å². The van der Waals surface area contributed by atoms with Crippen LogP contribution in [0.3, 0.4) is 0 Å². The monoisotopic (exact) mass is 526 g/mol. The molecule has 1 N–H and O–H groups in total. The molecule has 0 saturated carbocycles. The Labute approximate surface area is 219 Å². The second-order valence-electron chi connectivity index (χ2n) is 8.88. The molecule has 6 rings (SSSR count). The Morgan fingerprint density at radius 1 is 1.03 bits per heavy atom. The van der Waals surface area contributed by atoms with E-state index in [1.54, 1.807) is 29.5 Å². The van der Waals surface area contributed by atoms with Crippen molar-refractivity contribution >= 4 is 48.8 Å². The highest BCUT2D eigenvalue weighted by atomic mass is 32.2. The number of aromatic nitrogens is 2. The van der Waals surface area contributed by atoms with E-state index in [1.807, 2.05) is 24.3 Å². The van der Waals surface area contributed by atoms with Crippen LogP contribution in [0.25, 0.3) is 10.2 Å². The number of nitrogens with one attached hydrogen (secondary N) is 1. The van der Waals surface area contributed by atoms with Gasteiger partial charge in [0.15, 0.2) is 5.82 Å². The molecule has 184 valence electrons. The van der Waals surface area contributed by atoms with Crippen LogP contribution in [0.5, 0.6) is 0 Å². The minimum atomic E-state index is -3.85. The Kier molecular flexibility index (Phi) is 5.91. The summed E-state index contributed by atoms with van der Waals surface area (Å²) in [4.78, 5) is 12.0. The van der Waals surface area contributed by atoms with Crippen molar-refractivity contribution in [3.63, 3.8) is 0 Å². The van der Waals surface area contributed by atoms with Gasteiger partial charge in [0, 0.05) is 31.4 Å². The molecule has 2 aliphatic rings. The van der Waals surface area contributed by atoms with Gasteiger partial charge in [0.05, 0.1) is 26.3 Å². The first kappa shape index (κ1) is 23.3. The molecular weight excluding hydrogens is 504 g/mol. The number of nitrogens with zero attached hydrogens (tertiary/aromatic N) is 5. The topological polar surface area (TPSA) is 102 Å². The Morgan fingerprint density at radius 3 is 2.70 bits per heavy atom. The number of hydrogen-bond donors (Lipinski definition) is 1. The Bertz CT molecular complexity index is 1720. The van der Waals surface area contributed by atoms with Gasteiger partial charge in [0.1, 0.15) is 17.3 Å². The van der Waals surface area contributed by atoms with Crippen molar-refractivity contribution in [3.8, 4) is 18.0 Å². The molecule has 4 heterocycles. The van der Waals surface area contributed by atoms with E-state index in [0.717, 1.165) is 39.4 Å². The molecule has 2 aromatic heterocycles. The minimum Gasteiger partial charge on any atom is -0.339 e. The lowest BCUT2D eigenvalue weighted by Crippen LogP contribution is -2.29. The summed E-state index contributed by atoms with van der Waals surface area (Å²) in [6.45, 7) is 2.36. The molecule has 0 radical (unpaired) electrons. The van der Waals surface area contributed by atoms with Gasteiger partial charge in [0.2, 0.25) is 0 Å². The number of sulfonamides is 1. The van der Waals surface area contributed by atoms with Crippen LogP contribution in [0.4, 0.5) is 17.2 Å². The van der Waals surface area contributed by atoms with Crippen LogP contribution in [0.15, 0.2) is 59.8 Å². The molecule has 4 aromatic rings. The molecule has 2 aliphatic heterocycles. The smallest absolute Gasteiger partial charge is 0.265 e. The van der Waals surface area contributed by atoms with Crippen molar-refractivity contribution in [3.05, 3.63) is 70.9 Å². The molecule has 0 atom stereocenters. The summed E-state index contributed by atoms with van der Waals surface area (Å²) in [6, 6.07) is 19.1. The number of likely N-dealkylation sites (tertiary alicyclic amines) is 1. The maximum atomic E-state index is 13.4. The maximum Gasteiger partial charge on any atom is 0.265 e. The second kappa shape index (κ2) is 9.40. The molecule has 0 unspecified atom stereocenters. The van der Waals surface area contributed by atoms with Crippen LogP contribution in [-0.4, -0.2) is 42.9 Å². The average molecular weight is 527 g/mol. The predicted octanol–water partition coefficient (Wildman–Crippen LogP) is 4.46. The highest BCUT2D eigenvalue weighted by Gasteiger charge is 2.32. The summed E-state index contributed by atoms with van der Waals surface area (Å²) in [5, 5.41) is 12.8. The molecule has 0 amide bonds. The van der Waals surface area contributed by atoms with Gasteiger partial charge in [-0.25, -0.2) is 18.4 Å². The van der Waals surface area contributed by atoms with E-state index in [1.165, 1.54) is 35.6 Å². The van der Waals surface area contributed by atoms with Crippen LogP contribution < -0.4 is 9.62 Å². The maximum absolute atomic E-state index is 13.4. The van der Waals surface area contributed by atoms with Crippen molar-refractivity contribution in [1.82, 2.24) is 14.9 Å². The van der Waals surface area contributed by atoms with Gasteiger partial charge >= 0.3 is 0 Å². The number of anilines is 3. The third kappa shape index (κ3) is 4.35. The van der Waals surface area contributed by atoms with Gasteiger partial charge in [0.25, 0.3) is 10.0 Å². The quantitative estimate of drug-likeness (QED) is 0.392. The first-order valence-electron chi connectivity index (χ1n) is 12.0.